The Morgan fingerprint density at radius 2 is 1.50 bits per heavy atom. The van der Waals surface area contributed by atoms with Crippen molar-refractivity contribution in [2.24, 2.45) is 0 Å². The summed E-state index contributed by atoms with van der Waals surface area (Å²) in [7, 11) is 0.440. The zero-order valence-electron chi connectivity index (χ0n) is 18.6. The lowest BCUT2D eigenvalue weighted by atomic mass is 10.0. The number of sulfonamides is 1. The number of hydrogen-bond acceptors (Lipinski definition) is 4. The molecule has 6 nitrogen and oxygen atoms in total. The fourth-order valence-electron chi connectivity index (χ4n) is 3.36. The van der Waals surface area contributed by atoms with Gasteiger partial charge in [-0.2, -0.15) is 4.31 Å². The van der Waals surface area contributed by atoms with Crippen LogP contribution < -0.4 is 5.32 Å². The van der Waals surface area contributed by atoms with E-state index in [0.717, 1.165) is 12.0 Å². The molecule has 0 saturated carbocycles. The Hall–Kier alpha value is -2.22. The zero-order chi connectivity index (χ0) is 22.3. The van der Waals surface area contributed by atoms with Crippen molar-refractivity contribution in [2.45, 2.75) is 38.1 Å². The van der Waals surface area contributed by atoms with E-state index in [4.69, 9.17) is 0 Å². The quantitative estimate of drug-likeness (QED) is 0.627. The molecular formula is C23H33N3O3S. The summed E-state index contributed by atoms with van der Waals surface area (Å²) in [5.41, 5.74) is 2.85. The maximum atomic E-state index is 12.6. The van der Waals surface area contributed by atoms with Crippen molar-refractivity contribution in [3.05, 3.63) is 65.2 Å². The van der Waals surface area contributed by atoms with E-state index in [2.05, 4.69) is 41.4 Å². The van der Waals surface area contributed by atoms with Crippen molar-refractivity contribution < 1.29 is 13.2 Å². The molecule has 2 rings (SSSR count). The van der Waals surface area contributed by atoms with Crippen molar-refractivity contribution in [3.8, 4) is 0 Å². The number of carbonyl (C=O) groups excluding carboxylic acids is 1. The Bertz CT molecular complexity index is 919. The molecule has 1 unspecified atom stereocenters. The standard InChI is InChI=1S/C23H33N3O3S/c1-6-18-9-11-19(12-10-18)22(25(4)5)17-24-23(27)20-13-15-21(16-14-20)30(28,29)26(7-2)8-3/h9-16,22H,6-8,17H2,1-5H3,(H,24,27). The molecule has 1 amide bonds. The van der Waals surface area contributed by atoms with Crippen molar-refractivity contribution >= 4 is 15.9 Å². The van der Waals surface area contributed by atoms with Gasteiger partial charge in [-0.25, -0.2) is 8.42 Å². The monoisotopic (exact) mass is 431 g/mol. The summed E-state index contributed by atoms with van der Waals surface area (Å²) in [5.74, 6) is -0.223. The van der Waals surface area contributed by atoms with E-state index >= 15 is 0 Å². The number of aryl methyl sites for hydroxylation is 1. The largest absolute Gasteiger partial charge is 0.350 e. The van der Waals surface area contributed by atoms with Gasteiger partial charge in [-0.3, -0.25) is 4.79 Å². The van der Waals surface area contributed by atoms with E-state index < -0.39 is 10.0 Å². The molecule has 0 fully saturated rings. The third kappa shape index (κ3) is 5.68. The molecule has 0 aliphatic carbocycles. The number of nitrogens with zero attached hydrogens (tertiary/aromatic N) is 2. The van der Waals surface area contributed by atoms with Crippen LogP contribution in [0.2, 0.25) is 0 Å². The van der Waals surface area contributed by atoms with E-state index in [9.17, 15) is 13.2 Å². The average molecular weight is 432 g/mol. The maximum absolute atomic E-state index is 12.6. The minimum atomic E-state index is -3.53. The normalized spacial score (nSPS) is 12.9. The van der Waals surface area contributed by atoms with Crippen LogP contribution in [-0.2, 0) is 16.4 Å². The summed E-state index contributed by atoms with van der Waals surface area (Å²) in [6.45, 7) is 7.01. The number of benzene rings is 2. The third-order valence-electron chi connectivity index (χ3n) is 5.31. The van der Waals surface area contributed by atoms with Gasteiger partial charge in [0.1, 0.15) is 0 Å². The predicted molar refractivity (Wildman–Crippen MR) is 121 cm³/mol. The second kappa shape index (κ2) is 10.7. The van der Waals surface area contributed by atoms with Crippen LogP contribution in [0.3, 0.4) is 0 Å². The van der Waals surface area contributed by atoms with Gasteiger partial charge < -0.3 is 10.2 Å². The number of rotatable bonds is 10. The Labute approximate surface area is 180 Å². The molecule has 30 heavy (non-hydrogen) atoms. The molecule has 2 aromatic rings. The van der Waals surface area contributed by atoms with Crippen molar-refractivity contribution in [1.82, 2.24) is 14.5 Å². The molecule has 0 aliphatic rings. The van der Waals surface area contributed by atoms with Gasteiger partial charge in [-0.15, -0.1) is 0 Å². The van der Waals surface area contributed by atoms with E-state index in [1.807, 2.05) is 14.1 Å². The summed E-state index contributed by atoms with van der Waals surface area (Å²) < 4.78 is 26.6. The molecule has 0 aliphatic heterocycles. The highest BCUT2D eigenvalue weighted by Gasteiger charge is 2.22. The summed E-state index contributed by atoms with van der Waals surface area (Å²) in [6.07, 6.45) is 0.990. The van der Waals surface area contributed by atoms with E-state index in [1.165, 1.54) is 22.0 Å². The second-order valence-corrected chi connectivity index (χ2v) is 9.34. The second-order valence-electron chi connectivity index (χ2n) is 7.40. The summed E-state index contributed by atoms with van der Waals surface area (Å²) in [6, 6.07) is 14.6. The molecule has 7 heteroatoms. The Kier molecular flexibility index (Phi) is 8.58. The van der Waals surface area contributed by atoms with Crippen LogP contribution in [0, 0.1) is 0 Å². The van der Waals surface area contributed by atoms with Gasteiger partial charge in [0.25, 0.3) is 5.91 Å². The Balaban J connectivity index is 2.09. The van der Waals surface area contributed by atoms with Crippen LogP contribution in [0.5, 0.6) is 0 Å². The first-order valence-electron chi connectivity index (χ1n) is 10.4. The first-order valence-corrected chi connectivity index (χ1v) is 11.8. The van der Waals surface area contributed by atoms with Crippen LogP contribution in [0.4, 0.5) is 0 Å². The summed E-state index contributed by atoms with van der Waals surface area (Å²) in [4.78, 5) is 14.9. The first kappa shape index (κ1) is 24.1. The minimum absolute atomic E-state index is 0.0437. The molecule has 0 saturated heterocycles. The molecular weight excluding hydrogens is 398 g/mol. The lowest BCUT2D eigenvalue weighted by Crippen LogP contribution is -2.34. The zero-order valence-corrected chi connectivity index (χ0v) is 19.4. The number of hydrogen-bond donors (Lipinski definition) is 1. The SMILES string of the molecule is CCc1ccc(C(CNC(=O)c2ccc(S(=O)(=O)N(CC)CC)cc2)N(C)C)cc1. The molecule has 0 bridgehead atoms. The molecule has 0 aromatic heterocycles. The molecule has 0 spiro atoms. The number of nitrogens with one attached hydrogen (secondary N) is 1. The molecule has 0 heterocycles. The highest BCUT2D eigenvalue weighted by Crippen LogP contribution is 2.19. The van der Waals surface area contributed by atoms with Gasteiger partial charge in [-0.05, 0) is 55.9 Å². The van der Waals surface area contributed by atoms with Crippen LogP contribution >= 0.6 is 0 Å². The number of carbonyl (C=O) groups is 1. The number of amides is 1. The van der Waals surface area contributed by atoms with Gasteiger partial charge in [0.2, 0.25) is 10.0 Å². The molecule has 0 radical (unpaired) electrons. The lowest BCUT2D eigenvalue weighted by molar-refractivity contribution is 0.0942. The van der Waals surface area contributed by atoms with Gasteiger partial charge in [0.15, 0.2) is 0 Å². The van der Waals surface area contributed by atoms with Crippen molar-refractivity contribution in [2.75, 3.05) is 33.7 Å². The third-order valence-corrected chi connectivity index (χ3v) is 7.38. The minimum Gasteiger partial charge on any atom is -0.350 e. The topological polar surface area (TPSA) is 69.7 Å². The van der Waals surface area contributed by atoms with Gasteiger partial charge in [-0.1, -0.05) is 45.0 Å². The lowest BCUT2D eigenvalue weighted by Gasteiger charge is -2.25. The highest BCUT2D eigenvalue weighted by atomic mass is 32.2. The van der Waals surface area contributed by atoms with Crippen LogP contribution in [0.1, 0.15) is 48.3 Å². The van der Waals surface area contributed by atoms with Gasteiger partial charge >= 0.3 is 0 Å². The van der Waals surface area contributed by atoms with E-state index in [0.29, 0.717) is 25.2 Å². The number of likely N-dealkylation sites (N-methyl/N-ethyl adjacent to an activating group) is 1. The fraction of sp³-hybridized carbons (Fsp3) is 0.435. The summed E-state index contributed by atoms with van der Waals surface area (Å²) >= 11 is 0. The average Bonchev–Trinajstić information content (AvgIpc) is 2.74. The molecule has 1 atom stereocenters. The predicted octanol–water partition coefficient (Wildman–Crippen LogP) is 3.31. The van der Waals surface area contributed by atoms with Gasteiger partial charge in [0.05, 0.1) is 10.9 Å². The first-order chi connectivity index (χ1) is 14.2. The highest BCUT2D eigenvalue weighted by molar-refractivity contribution is 7.89. The van der Waals surface area contributed by atoms with Crippen LogP contribution in [0.25, 0.3) is 0 Å². The van der Waals surface area contributed by atoms with E-state index in [1.54, 1.807) is 26.0 Å². The fourth-order valence-corrected chi connectivity index (χ4v) is 4.81. The Morgan fingerprint density at radius 1 is 0.933 bits per heavy atom. The summed E-state index contributed by atoms with van der Waals surface area (Å²) in [5, 5.41) is 2.97. The molecule has 164 valence electrons. The molecule has 2 aromatic carbocycles. The van der Waals surface area contributed by atoms with E-state index in [-0.39, 0.29) is 16.8 Å². The van der Waals surface area contributed by atoms with Crippen molar-refractivity contribution in [3.63, 3.8) is 0 Å². The van der Waals surface area contributed by atoms with Gasteiger partial charge in [0, 0.05) is 25.2 Å². The van der Waals surface area contributed by atoms with Crippen molar-refractivity contribution in [1.29, 1.82) is 0 Å². The maximum Gasteiger partial charge on any atom is 0.251 e. The van der Waals surface area contributed by atoms with Crippen LogP contribution in [0.15, 0.2) is 53.4 Å². The molecule has 1 N–H and O–H groups in total. The Morgan fingerprint density at radius 3 is 1.97 bits per heavy atom. The smallest absolute Gasteiger partial charge is 0.251 e. The van der Waals surface area contributed by atoms with Crippen LogP contribution in [-0.4, -0.2) is 57.3 Å².